The van der Waals surface area contributed by atoms with Crippen molar-refractivity contribution in [3.63, 3.8) is 0 Å². The van der Waals surface area contributed by atoms with Crippen molar-refractivity contribution >= 4 is 23.3 Å². The van der Waals surface area contributed by atoms with Gasteiger partial charge in [-0.3, -0.25) is 4.79 Å². The molecule has 1 aromatic heterocycles. The van der Waals surface area contributed by atoms with Crippen molar-refractivity contribution in [3.05, 3.63) is 66.6 Å². The lowest BCUT2D eigenvalue weighted by Crippen LogP contribution is -2.34. The van der Waals surface area contributed by atoms with Gasteiger partial charge in [0, 0.05) is 18.4 Å². The highest BCUT2D eigenvalue weighted by Gasteiger charge is 2.26. The average molecular weight is 376 g/mol. The molecule has 28 heavy (non-hydrogen) atoms. The Morgan fingerprint density at radius 2 is 1.75 bits per heavy atom. The van der Waals surface area contributed by atoms with E-state index in [-0.39, 0.29) is 37.0 Å². The molecule has 2 aromatic carbocycles. The molecule has 8 heteroatoms. The fourth-order valence-corrected chi connectivity index (χ4v) is 2.70. The van der Waals surface area contributed by atoms with Crippen molar-refractivity contribution in [3.8, 4) is 11.4 Å². The molecule has 4 rings (SSSR count). The van der Waals surface area contributed by atoms with Crippen LogP contribution >= 0.6 is 0 Å². The summed E-state index contributed by atoms with van der Waals surface area (Å²) in [7, 11) is 0. The molecular weight excluding hydrogens is 360 g/mol. The van der Waals surface area contributed by atoms with Crippen LogP contribution in [0, 0.1) is 0 Å². The molecule has 0 saturated carbocycles. The summed E-state index contributed by atoms with van der Waals surface area (Å²) in [5, 5.41) is 9.26. The molecule has 3 aromatic rings. The number of anilines is 1. The van der Waals surface area contributed by atoms with E-state index >= 15 is 0 Å². The zero-order chi connectivity index (χ0) is 19.3. The van der Waals surface area contributed by atoms with Crippen LogP contribution in [0.5, 0.6) is 0 Å². The standard InChI is InChI=1S/C20H16N4O4/c25-18-12-11-16(22-24(18)15-9-5-2-6-10-15)20(26)27-13-17-21-19(23-28-17)14-7-3-1-4-8-14/h1-10H,11-13H2. The molecule has 0 atom stereocenters. The van der Waals surface area contributed by atoms with Crippen LogP contribution < -0.4 is 5.01 Å². The Balaban J connectivity index is 1.42. The predicted molar refractivity (Wildman–Crippen MR) is 100 cm³/mol. The van der Waals surface area contributed by atoms with Gasteiger partial charge in [-0.25, -0.2) is 9.80 Å². The highest BCUT2D eigenvalue weighted by molar-refractivity contribution is 6.37. The third-order valence-corrected chi connectivity index (χ3v) is 4.10. The van der Waals surface area contributed by atoms with Gasteiger partial charge in [0.15, 0.2) is 6.61 Å². The molecule has 1 aliphatic rings. The van der Waals surface area contributed by atoms with Gasteiger partial charge in [0.25, 0.3) is 5.89 Å². The molecule has 2 heterocycles. The van der Waals surface area contributed by atoms with E-state index in [1.165, 1.54) is 5.01 Å². The van der Waals surface area contributed by atoms with Gasteiger partial charge in [-0.1, -0.05) is 53.7 Å². The molecule has 8 nitrogen and oxygen atoms in total. The highest BCUT2D eigenvalue weighted by atomic mass is 16.6. The normalized spacial score (nSPS) is 13.9. The van der Waals surface area contributed by atoms with Crippen molar-refractivity contribution < 1.29 is 18.8 Å². The molecule has 0 radical (unpaired) electrons. The molecule has 0 fully saturated rings. The van der Waals surface area contributed by atoms with E-state index < -0.39 is 5.97 Å². The Kier molecular flexibility index (Phi) is 4.92. The fourth-order valence-electron chi connectivity index (χ4n) is 2.70. The first-order chi connectivity index (χ1) is 13.7. The maximum atomic E-state index is 12.4. The number of hydrogen-bond donors (Lipinski definition) is 0. The number of para-hydroxylation sites is 1. The van der Waals surface area contributed by atoms with Crippen LogP contribution in [0.3, 0.4) is 0 Å². The van der Waals surface area contributed by atoms with Crippen molar-refractivity contribution in [1.29, 1.82) is 0 Å². The highest BCUT2D eigenvalue weighted by Crippen LogP contribution is 2.20. The van der Waals surface area contributed by atoms with Crippen molar-refractivity contribution in [2.45, 2.75) is 19.4 Å². The molecule has 0 bridgehead atoms. The monoisotopic (exact) mass is 376 g/mol. The summed E-state index contributed by atoms with van der Waals surface area (Å²) in [6.45, 7) is -0.170. The number of esters is 1. The van der Waals surface area contributed by atoms with Crippen LogP contribution in [0.2, 0.25) is 0 Å². The summed E-state index contributed by atoms with van der Waals surface area (Å²) in [4.78, 5) is 28.7. The first-order valence-corrected chi connectivity index (χ1v) is 8.71. The molecule has 1 amide bonds. The quantitative estimate of drug-likeness (QED) is 0.635. The van der Waals surface area contributed by atoms with Crippen LogP contribution in [0.25, 0.3) is 11.4 Å². The van der Waals surface area contributed by atoms with E-state index in [2.05, 4.69) is 15.2 Å². The van der Waals surface area contributed by atoms with E-state index in [9.17, 15) is 9.59 Å². The molecule has 140 valence electrons. The maximum absolute atomic E-state index is 12.4. The van der Waals surface area contributed by atoms with E-state index in [0.29, 0.717) is 11.5 Å². The van der Waals surface area contributed by atoms with Gasteiger partial charge in [0.1, 0.15) is 5.71 Å². The van der Waals surface area contributed by atoms with Crippen molar-refractivity contribution in [1.82, 2.24) is 10.1 Å². The molecule has 0 saturated heterocycles. The largest absolute Gasteiger partial charge is 0.451 e. The zero-order valence-corrected chi connectivity index (χ0v) is 14.8. The minimum absolute atomic E-state index is 0.170. The Morgan fingerprint density at radius 3 is 2.50 bits per heavy atom. The third kappa shape index (κ3) is 3.80. The summed E-state index contributed by atoms with van der Waals surface area (Å²) in [6, 6.07) is 18.3. The second kappa shape index (κ2) is 7.83. The Hall–Kier alpha value is -3.81. The van der Waals surface area contributed by atoms with Gasteiger partial charge in [0.05, 0.1) is 5.69 Å². The zero-order valence-electron chi connectivity index (χ0n) is 14.8. The number of nitrogens with zero attached hydrogens (tertiary/aromatic N) is 4. The van der Waals surface area contributed by atoms with Crippen LogP contribution in [0.4, 0.5) is 5.69 Å². The first-order valence-electron chi connectivity index (χ1n) is 8.71. The van der Waals surface area contributed by atoms with E-state index in [1.807, 2.05) is 36.4 Å². The topological polar surface area (TPSA) is 97.9 Å². The lowest BCUT2D eigenvalue weighted by molar-refractivity contribution is -0.137. The number of amides is 1. The van der Waals surface area contributed by atoms with Crippen molar-refractivity contribution in [2.24, 2.45) is 5.10 Å². The number of carbonyl (C=O) groups excluding carboxylic acids is 2. The molecule has 0 spiro atoms. The summed E-state index contributed by atoms with van der Waals surface area (Å²) in [6.07, 6.45) is 0.404. The van der Waals surface area contributed by atoms with E-state index in [0.717, 1.165) is 5.56 Å². The second-order valence-electron chi connectivity index (χ2n) is 6.04. The number of hydrazone groups is 1. The lowest BCUT2D eigenvalue weighted by atomic mass is 10.1. The van der Waals surface area contributed by atoms with Gasteiger partial charge < -0.3 is 9.26 Å². The molecule has 0 aliphatic carbocycles. The SMILES string of the molecule is O=C(OCc1nc(-c2ccccc2)no1)C1=NN(c2ccccc2)C(=O)CC1. The summed E-state index contributed by atoms with van der Waals surface area (Å²) in [5.41, 5.74) is 1.57. The summed E-state index contributed by atoms with van der Waals surface area (Å²) in [5.74, 6) is -0.192. The molecular formula is C20H16N4O4. The van der Waals surface area contributed by atoms with Gasteiger partial charge in [-0.15, -0.1) is 0 Å². The number of rotatable bonds is 5. The van der Waals surface area contributed by atoms with Gasteiger partial charge >= 0.3 is 5.97 Å². The Bertz CT molecular complexity index is 1010. The van der Waals surface area contributed by atoms with Crippen LogP contribution in [0.15, 0.2) is 70.3 Å². The van der Waals surface area contributed by atoms with Gasteiger partial charge in [0.2, 0.25) is 11.7 Å². The number of hydrogen-bond acceptors (Lipinski definition) is 7. The maximum Gasteiger partial charge on any atom is 0.355 e. The van der Waals surface area contributed by atoms with Gasteiger partial charge in [-0.2, -0.15) is 10.1 Å². The number of benzene rings is 2. The van der Waals surface area contributed by atoms with E-state index in [4.69, 9.17) is 9.26 Å². The lowest BCUT2D eigenvalue weighted by Gasteiger charge is -2.22. The smallest absolute Gasteiger partial charge is 0.355 e. The van der Waals surface area contributed by atoms with E-state index in [1.54, 1.807) is 24.3 Å². The van der Waals surface area contributed by atoms with Crippen LogP contribution in [-0.2, 0) is 20.9 Å². The number of ether oxygens (including phenoxy) is 1. The van der Waals surface area contributed by atoms with Crippen molar-refractivity contribution in [2.75, 3.05) is 5.01 Å². The van der Waals surface area contributed by atoms with Crippen LogP contribution in [-0.4, -0.2) is 27.7 Å². The first kappa shape index (κ1) is 17.6. The average Bonchev–Trinajstić information content (AvgIpc) is 3.23. The predicted octanol–water partition coefficient (Wildman–Crippen LogP) is 2.96. The molecule has 1 aliphatic heterocycles. The van der Waals surface area contributed by atoms with Gasteiger partial charge in [-0.05, 0) is 12.1 Å². The number of carbonyl (C=O) groups is 2. The minimum Gasteiger partial charge on any atom is -0.451 e. The third-order valence-electron chi connectivity index (χ3n) is 4.10. The minimum atomic E-state index is -0.618. The second-order valence-corrected chi connectivity index (χ2v) is 6.04. The summed E-state index contributed by atoms with van der Waals surface area (Å²) >= 11 is 0. The summed E-state index contributed by atoms with van der Waals surface area (Å²) < 4.78 is 10.4. The Morgan fingerprint density at radius 1 is 1.04 bits per heavy atom. The Labute approximate surface area is 160 Å². The molecule has 0 unspecified atom stereocenters. The fraction of sp³-hybridized carbons (Fsp3) is 0.150. The van der Waals surface area contributed by atoms with Crippen LogP contribution in [0.1, 0.15) is 18.7 Å². The number of aromatic nitrogens is 2. The molecule has 0 N–H and O–H groups in total.